The van der Waals surface area contributed by atoms with E-state index in [1.54, 1.807) is 4.90 Å². The van der Waals surface area contributed by atoms with Crippen molar-refractivity contribution in [1.82, 2.24) is 5.32 Å². The third-order valence-electron chi connectivity index (χ3n) is 4.76. The number of hydrogen-bond donors (Lipinski definition) is 1. The Balaban J connectivity index is 2.54. The van der Waals surface area contributed by atoms with Gasteiger partial charge in [0.2, 0.25) is 5.91 Å². The summed E-state index contributed by atoms with van der Waals surface area (Å²) < 4.78 is 1.77. The standard InChI is InChI=1S/C23H28BrIN2O2/c1-5-6-13-26-22(28)21(15(2)3)27(17-12-11-16(4)19(24)14-17)23(29)18-9-7-8-10-20(18)25/h7-12,14-15,21H,5-6,13H2,1-4H3,(H,26,28). The molecule has 1 N–H and O–H groups in total. The maximum absolute atomic E-state index is 13.7. The molecule has 156 valence electrons. The van der Waals surface area contributed by atoms with Crippen molar-refractivity contribution in [2.75, 3.05) is 11.4 Å². The Morgan fingerprint density at radius 1 is 1.17 bits per heavy atom. The monoisotopic (exact) mass is 570 g/mol. The van der Waals surface area contributed by atoms with Crippen LogP contribution in [0.25, 0.3) is 0 Å². The van der Waals surface area contributed by atoms with Gasteiger partial charge in [-0.25, -0.2) is 0 Å². The molecule has 29 heavy (non-hydrogen) atoms. The van der Waals surface area contributed by atoms with E-state index in [0.29, 0.717) is 17.8 Å². The summed E-state index contributed by atoms with van der Waals surface area (Å²) in [5.74, 6) is -0.346. The maximum Gasteiger partial charge on any atom is 0.260 e. The Bertz CT molecular complexity index is 870. The number of benzene rings is 2. The topological polar surface area (TPSA) is 49.4 Å². The van der Waals surface area contributed by atoms with Crippen molar-refractivity contribution in [3.05, 3.63) is 61.6 Å². The van der Waals surface area contributed by atoms with Crippen molar-refractivity contribution in [3.63, 3.8) is 0 Å². The molecule has 1 unspecified atom stereocenters. The highest BCUT2D eigenvalue weighted by Gasteiger charge is 2.34. The van der Waals surface area contributed by atoms with Crippen molar-refractivity contribution in [3.8, 4) is 0 Å². The van der Waals surface area contributed by atoms with Gasteiger partial charge in [-0.2, -0.15) is 0 Å². The van der Waals surface area contributed by atoms with Crippen LogP contribution in [-0.2, 0) is 4.79 Å². The van der Waals surface area contributed by atoms with E-state index < -0.39 is 6.04 Å². The van der Waals surface area contributed by atoms with Crippen LogP contribution in [-0.4, -0.2) is 24.4 Å². The maximum atomic E-state index is 13.7. The minimum absolute atomic E-state index is 0.0537. The van der Waals surface area contributed by atoms with E-state index in [-0.39, 0.29) is 17.7 Å². The number of anilines is 1. The number of halogens is 2. The molecule has 2 aromatic carbocycles. The summed E-state index contributed by atoms with van der Waals surface area (Å²) in [6.45, 7) is 8.65. The lowest BCUT2D eigenvalue weighted by Crippen LogP contribution is -2.53. The summed E-state index contributed by atoms with van der Waals surface area (Å²) in [4.78, 5) is 28.4. The van der Waals surface area contributed by atoms with Crippen molar-refractivity contribution in [2.45, 2.75) is 46.6 Å². The summed E-state index contributed by atoms with van der Waals surface area (Å²) in [6.07, 6.45) is 1.92. The van der Waals surface area contributed by atoms with Gasteiger partial charge in [0.05, 0.1) is 5.56 Å². The molecular weight excluding hydrogens is 543 g/mol. The summed E-state index contributed by atoms with van der Waals surface area (Å²) in [7, 11) is 0. The molecule has 0 saturated carbocycles. The van der Waals surface area contributed by atoms with Crippen molar-refractivity contribution < 1.29 is 9.59 Å². The third kappa shape index (κ3) is 6.04. The zero-order valence-electron chi connectivity index (χ0n) is 17.3. The van der Waals surface area contributed by atoms with Crippen LogP contribution in [0, 0.1) is 16.4 Å². The summed E-state index contributed by atoms with van der Waals surface area (Å²) in [5.41, 5.74) is 2.37. The average Bonchev–Trinajstić information content (AvgIpc) is 2.68. The second kappa shape index (κ2) is 11.1. The molecule has 4 nitrogen and oxygen atoms in total. The average molecular weight is 571 g/mol. The minimum Gasteiger partial charge on any atom is -0.354 e. The van der Waals surface area contributed by atoms with E-state index in [2.05, 4.69) is 50.8 Å². The molecule has 2 amide bonds. The lowest BCUT2D eigenvalue weighted by molar-refractivity contribution is -0.123. The normalized spacial score (nSPS) is 12.0. The Labute approximate surface area is 195 Å². The molecule has 0 heterocycles. The lowest BCUT2D eigenvalue weighted by atomic mass is 9.98. The molecule has 0 bridgehead atoms. The summed E-state index contributed by atoms with van der Waals surface area (Å²) in [5, 5.41) is 3.02. The number of carbonyl (C=O) groups is 2. The van der Waals surface area contributed by atoms with Crippen LogP contribution >= 0.6 is 38.5 Å². The molecule has 1 atom stereocenters. The predicted molar refractivity (Wildman–Crippen MR) is 131 cm³/mol. The van der Waals surface area contributed by atoms with Gasteiger partial charge in [0.15, 0.2) is 0 Å². The number of amides is 2. The van der Waals surface area contributed by atoms with E-state index in [1.807, 2.05) is 63.2 Å². The van der Waals surface area contributed by atoms with E-state index in [4.69, 9.17) is 0 Å². The van der Waals surface area contributed by atoms with Gasteiger partial charge in [0, 0.05) is 20.3 Å². The van der Waals surface area contributed by atoms with Gasteiger partial charge in [-0.15, -0.1) is 0 Å². The first-order valence-corrected chi connectivity index (χ1v) is 11.8. The molecule has 0 spiro atoms. The number of aryl methyl sites for hydroxylation is 1. The number of unbranched alkanes of at least 4 members (excludes halogenated alkanes) is 1. The number of nitrogens with one attached hydrogen (secondary N) is 1. The van der Waals surface area contributed by atoms with Crippen LogP contribution in [0.4, 0.5) is 5.69 Å². The van der Waals surface area contributed by atoms with Gasteiger partial charge in [-0.1, -0.05) is 61.3 Å². The summed E-state index contributed by atoms with van der Waals surface area (Å²) in [6, 6.07) is 12.6. The van der Waals surface area contributed by atoms with Crippen LogP contribution in [0.15, 0.2) is 46.9 Å². The zero-order chi connectivity index (χ0) is 21.6. The first-order chi connectivity index (χ1) is 13.8. The Hall–Kier alpha value is -1.41. The lowest BCUT2D eigenvalue weighted by Gasteiger charge is -2.34. The molecule has 0 aliphatic heterocycles. The highest BCUT2D eigenvalue weighted by atomic mass is 127. The second-order valence-corrected chi connectivity index (χ2v) is 9.44. The highest BCUT2D eigenvalue weighted by Crippen LogP contribution is 2.29. The molecule has 0 radical (unpaired) electrons. The Morgan fingerprint density at radius 2 is 1.86 bits per heavy atom. The quantitative estimate of drug-likeness (QED) is 0.315. The number of rotatable bonds is 8. The van der Waals surface area contributed by atoms with Crippen molar-refractivity contribution in [1.29, 1.82) is 0 Å². The summed E-state index contributed by atoms with van der Waals surface area (Å²) >= 11 is 5.74. The fraction of sp³-hybridized carbons (Fsp3) is 0.391. The molecule has 0 aromatic heterocycles. The van der Waals surface area contributed by atoms with Gasteiger partial charge in [-0.3, -0.25) is 14.5 Å². The van der Waals surface area contributed by atoms with Crippen LogP contribution < -0.4 is 10.2 Å². The van der Waals surface area contributed by atoms with Crippen LogP contribution in [0.1, 0.15) is 49.5 Å². The van der Waals surface area contributed by atoms with Gasteiger partial charge < -0.3 is 5.32 Å². The molecule has 0 saturated heterocycles. The first kappa shape index (κ1) is 23.9. The Kier molecular flexibility index (Phi) is 9.14. The molecule has 6 heteroatoms. The van der Waals surface area contributed by atoms with Crippen LogP contribution in [0.2, 0.25) is 0 Å². The van der Waals surface area contributed by atoms with Gasteiger partial charge in [0.25, 0.3) is 5.91 Å². The van der Waals surface area contributed by atoms with Crippen LogP contribution in [0.5, 0.6) is 0 Å². The number of carbonyl (C=O) groups excluding carboxylic acids is 2. The van der Waals surface area contributed by atoms with Crippen LogP contribution in [0.3, 0.4) is 0 Å². The number of nitrogens with zero attached hydrogens (tertiary/aromatic N) is 1. The fourth-order valence-electron chi connectivity index (χ4n) is 3.11. The van der Waals surface area contributed by atoms with Crippen molar-refractivity contribution in [2.24, 2.45) is 5.92 Å². The van der Waals surface area contributed by atoms with Crippen molar-refractivity contribution >= 4 is 56.0 Å². The highest BCUT2D eigenvalue weighted by molar-refractivity contribution is 14.1. The van der Waals surface area contributed by atoms with E-state index in [0.717, 1.165) is 26.4 Å². The first-order valence-electron chi connectivity index (χ1n) is 9.89. The van der Waals surface area contributed by atoms with E-state index >= 15 is 0 Å². The molecule has 0 aliphatic rings. The SMILES string of the molecule is CCCCNC(=O)C(C(C)C)N(C(=O)c1ccccc1I)c1ccc(C)c(Br)c1. The van der Waals surface area contributed by atoms with Gasteiger partial charge >= 0.3 is 0 Å². The smallest absolute Gasteiger partial charge is 0.260 e. The molecule has 0 fully saturated rings. The molecule has 0 aliphatic carbocycles. The van der Waals surface area contributed by atoms with Gasteiger partial charge in [0.1, 0.15) is 6.04 Å². The van der Waals surface area contributed by atoms with E-state index in [1.165, 1.54) is 0 Å². The largest absolute Gasteiger partial charge is 0.354 e. The third-order valence-corrected chi connectivity index (χ3v) is 6.56. The molecular formula is C23H28BrIN2O2. The minimum atomic E-state index is -0.607. The Morgan fingerprint density at radius 3 is 2.45 bits per heavy atom. The van der Waals surface area contributed by atoms with Gasteiger partial charge in [-0.05, 0) is 71.7 Å². The second-order valence-electron chi connectivity index (χ2n) is 7.42. The number of hydrogen-bond acceptors (Lipinski definition) is 2. The predicted octanol–water partition coefficient (Wildman–Crippen LogP) is 5.95. The zero-order valence-corrected chi connectivity index (χ0v) is 21.1. The molecule has 2 rings (SSSR count). The van der Waals surface area contributed by atoms with E-state index in [9.17, 15) is 9.59 Å². The molecule has 2 aromatic rings. The fourth-order valence-corrected chi connectivity index (χ4v) is 4.10.